The van der Waals surface area contributed by atoms with E-state index in [-0.39, 0.29) is 0 Å². The van der Waals surface area contributed by atoms with Gasteiger partial charge in [0.05, 0.1) is 0 Å². The summed E-state index contributed by atoms with van der Waals surface area (Å²) in [7, 11) is 0. The Bertz CT molecular complexity index is 813. The molecule has 3 aromatic rings. The van der Waals surface area contributed by atoms with E-state index in [0.29, 0.717) is 5.92 Å². The van der Waals surface area contributed by atoms with Crippen molar-refractivity contribution in [3.63, 3.8) is 0 Å². The fourth-order valence-electron chi connectivity index (χ4n) is 3.59. The van der Waals surface area contributed by atoms with Crippen LogP contribution in [0.1, 0.15) is 41.0 Å². The molecule has 1 aliphatic rings. The predicted octanol–water partition coefficient (Wildman–Crippen LogP) is 6.15. The fraction of sp³-hybridized carbons (Fsp3) is 0.130. The van der Waals surface area contributed by atoms with Gasteiger partial charge in [-0.3, -0.25) is 0 Å². The fourth-order valence-corrected chi connectivity index (χ4v) is 3.59. The molecular weight excluding hydrogens is 276 g/mol. The Morgan fingerprint density at radius 2 is 1.30 bits per heavy atom. The highest BCUT2D eigenvalue weighted by Gasteiger charge is 2.20. The van der Waals surface area contributed by atoms with Crippen molar-refractivity contribution in [3.05, 3.63) is 107 Å². The second-order valence-corrected chi connectivity index (χ2v) is 6.17. The lowest BCUT2D eigenvalue weighted by atomic mass is 9.86. The first kappa shape index (κ1) is 14.0. The Balaban J connectivity index is 1.79. The van der Waals surface area contributed by atoms with Gasteiger partial charge in [0, 0.05) is 5.92 Å². The molecule has 0 aromatic heterocycles. The Labute approximate surface area is 138 Å². The lowest BCUT2D eigenvalue weighted by Crippen LogP contribution is -2.01. The van der Waals surface area contributed by atoms with E-state index in [1.807, 2.05) is 0 Å². The maximum absolute atomic E-state index is 2.38. The van der Waals surface area contributed by atoms with Crippen LogP contribution in [-0.2, 0) is 0 Å². The van der Waals surface area contributed by atoms with Crippen LogP contribution in [-0.4, -0.2) is 0 Å². The van der Waals surface area contributed by atoms with Crippen LogP contribution in [0.4, 0.5) is 0 Å². The number of hydrogen-bond donors (Lipinski definition) is 0. The van der Waals surface area contributed by atoms with E-state index in [9.17, 15) is 0 Å². The van der Waals surface area contributed by atoms with Crippen LogP contribution in [0.5, 0.6) is 0 Å². The van der Waals surface area contributed by atoms with Crippen LogP contribution in [0, 0.1) is 0 Å². The van der Waals surface area contributed by atoms with Crippen LogP contribution in [0.15, 0.2) is 84.9 Å². The molecule has 1 atom stereocenters. The van der Waals surface area contributed by atoms with Gasteiger partial charge in [-0.1, -0.05) is 91.0 Å². The van der Waals surface area contributed by atoms with Crippen LogP contribution in [0.2, 0.25) is 0 Å². The molecule has 1 aliphatic carbocycles. The zero-order valence-corrected chi connectivity index (χ0v) is 13.2. The predicted molar refractivity (Wildman–Crippen MR) is 98.3 cm³/mol. The lowest BCUT2D eigenvalue weighted by molar-refractivity contribution is 0.740. The van der Waals surface area contributed by atoms with Crippen molar-refractivity contribution >= 4 is 11.6 Å². The summed E-state index contributed by atoms with van der Waals surface area (Å²) in [6, 6.07) is 30.5. The number of benzene rings is 3. The summed E-state index contributed by atoms with van der Waals surface area (Å²) in [5.74, 6) is 0.477. The third-order valence-electron chi connectivity index (χ3n) is 4.75. The minimum Gasteiger partial charge on any atom is -0.0622 e. The second kappa shape index (κ2) is 6.26. The molecule has 0 heteroatoms. The molecule has 0 fully saturated rings. The Hall–Kier alpha value is -2.60. The number of fused-ring (bicyclic) bond motifs is 1. The van der Waals surface area contributed by atoms with Crippen molar-refractivity contribution in [3.8, 4) is 0 Å². The molecule has 0 amide bonds. The molecule has 0 bridgehead atoms. The first-order valence-corrected chi connectivity index (χ1v) is 8.32. The molecule has 0 heterocycles. The van der Waals surface area contributed by atoms with Crippen LogP contribution >= 0.6 is 0 Å². The van der Waals surface area contributed by atoms with E-state index in [1.54, 1.807) is 0 Å². The Kier molecular flexibility index (Phi) is 3.81. The lowest BCUT2D eigenvalue weighted by Gasteiger charge is -2.18. The molecule has 0 nitrogen and oxygen atoms in total. The third kappa shape index (κ3) is 2.85. The first-order chi connectivity index (χ1) is 11.4. The standard InChI is InChI=1S/C23H20/c1-3-9-18(10-4-1)20-15-16-23(19-11-5-2-6-12-19)22-14-8-7-13-21(22)17-20/h1-14,17,23H,15-16H2. The van der Waals surface area contributed by atoms with E-state index in [0.717, 1.165) is 12.8 Å². The van der Waals surface area contributed by atoms with E-state index in [2.05, 4.69) is 91.0 Å². The van der Waals surface area contributed by atoms with E-state index in [1.165, 1.54) is 27.8 Å². The largest absolute Gasteiger partial charge is 0.0622 e. The minimum atomic E-state index is 0.477. The van der Waals surface area contributed by atoms with Crippen molar-refractivity contribution in [1.82, 2.24) is 0 Å². The average molecular weight is 296 g/mol. The van der Waals surface area contributed by atoms with Crippen LogP contribution < -0.4 is 0 Å². The van der Waals surface area contributed by atoms with Gasteiger partial charge in [-0.25, -0.2) is 0 Å². The van der Waals surface area contributed by atoms with Gasteiger partial charge in [0.1, 0.15) is 0 Å². The van der Waals surface area contributed by atoms with Gasteiger partial charge in [-0.05, 0) is 40.7 Å². The summed E-state index contributed by atoms with van der Waals surface area (Å²) in [5, 5.41) is 0. The summed E-state index contributed by atoms with van der Waals surface area (Å²) in [6.45, 7) is 0. The zero-order valence-electron chi connectivity index (χ0n) is 13.2. The van der Waals surface area contributed by atoms with Crippen molar-refractivity contribution in [2.75, 3.05) is 0 Å². The SMILES string of the molecule is C1=C(c2ccccc2)CCC(c2ccccc2)c2ccccc21. The minimum absolute atomic E-state index is 0.477. The van der Waals surface area contributed by atoms with Crippen molar-refractivity contribution < 1.29 is 0 Å². The number of hydrogen-bond acceptors (Lipinski definition) is 0. The van der Waals surface area contributed by atoms with Gasteiger partial charge >= 0.3 is 0 Å². The highest BCUT2D eigenvalue weighted by Crippen LogP contribution is 2.39. The van der Waals surface area contributed by atoms with Crippen LogP contribution in [0.3, 0.4) is 0 Å². The first-order valence-electron chi connectivity index (χ1n) is 8.32. The summed E-state index contributed by atoms with van der Waals surface area (Å²) in [4.78, 5) is 0. The van der Waals surface area contributed by atoms with Gasteiger partial charge in [-0.2, -0.15) is 0 Å². The van der Waals surface area contributed by atoms with E-state index in [4.69, 9.17) is 0 Å². The molecule has 0 aliphatic heterocycles. The van der Waals surface area contributed by atoms with Gasteiger partial charge in [0.25, 0.3) is 0 Å². The second-order valence-electron chi connectivity index (χ2n) is 6.17. The summed E-state index contributed by atoms with van der Waals surface area (Å²) in [6.07, 6.45) is 4.65. The number of rotatable bonds is 2. The molecule has 1 unspecified atom stereocenters. The quantitative estimate of drug-likeness (QED) is 0.532. The smallest absolute Gasteiger partial charge is 0.00984 e. The van der Waals surface area contributed by atoms with Gasteiger partial charge in [0.2, 0.25) is 0 Å². The summed E-state index contributed by atoms with van der Waals surface area (Å²) < 4.78 is 0. The molecule has 4 rings (SSSR count). The molecular formula is C23H20. The monoisotopic (exact) mass is 296 g/mol. The van der Waals surface area contributed by atoms with E-state index >= 15 is 0 Å². The van der Waals surface area contributed by atoms with Crippen molar-refractivity contribution in [2.24, 2.45) is 0 Å². The zero-order chi connectivity index (χ0) is 15.5. The summed E-state index contributed by atoms with van der Waals surface area (Å²) in [5.41, 5.74) is 7.01. The Morgan fingerprint density at radius 3 is 2.09 bits per heavy atom. The number of allylic oxidation sites excluding steroid dienone is 1. The normalized spacial score (nSPS) is 17.0. The van der Waals surface area contributed by atoms with E-state index < -0.39 is 0 Å². The van der Waals surface area contributed by atoms with Crippen molar-refractivity contribution in [1.29, 1.82) is 0 Å². The molecule has 0 spiro atoms. The molecule has 0 radical (unpaired) electrons. The summed E-state index contributed by atoms with van der Waals surface area (Å²) >= 11 is 0. The van der Waals surface area contributed by atoms with Gasteiger partial charge < -0.3 is 0 Å². The van der Waals surface area contributed by atoms with Crippen LogP contribution in [0.25, 0.3) is 11.6 Å². The molecule has 23 heavy (non-hydrogen) atoms. The van der Waals surface area contributed by atoms with Gasteiger partial charge in [-0.15, -0.1) is 0 Å². The molecule has 0 saturated carbocycles. The maximum atomic E-state index is 2.38. The highest BCUT2D eigenvalue weighted by molar-refractivity contribution is 5.83. The molecule has 0 saturated heterocycles. The molecule has 112 valence electrons. The topological polar surface area (TPSA) is 0 Å². The Morgan fingerprint density at radius 1 is 0.652 bits per heavy atom. The third-order valence-corrected chi connectivity index (χ3v) is 4.75. The van der Waals surface area contributed by atoms with Gasteiger partial charge in [0.15, 0.2) is 0 Å². The maximum Gasteiger partial charge on any atom is 0.00984 e. The highest BCUT2D eigenvalue weighted by atomic mass is 14.2. The molecule has 0 N–H and O–H groups in total. The molecule has 3 aromatic carbocycles. The van der Waals surface area contributed by atoms with Crippen molar-refractivity contribution in [2.45, 2.75) is 18.8 Å². The average Bonchev–Trinajstić information content (AvgIpc) is 2.83.